The molecule has 0 spiro atoms. The van der Waals surface area contributed by atoms with E-state index in [4.69, 9.17) is 0 Å². The number of aromatic nitrogens is 3. The van der Waals surface area contributed by atoms with Gasteiger partial charge in [-0.3, -0.25) is 10.1 Å². The van der Waals surface area contributed by atoms with Gasteiger partial charge in [0.2, 0.25) is 0 Å². The zero-order chi connectivity index (χ0) is 13.6. The molecule has 0 amide bonds. The second kappa shape index (κ2) is 4.31. The molecule has 0 saturated heterocycles. The normalized spacial score (nSPS) is 11.2. The van der Waals surface area contributed by atoms with E-state index in [-0.39, 0.29) is 5.82 Å². The van der Waals surface area contributed by atoms with E-state index < -0.39 is 0 Å². The number of nitrogens with one attached hydrogen (secondary N) is 1. The standard InChI is InChI=1S/C13H13FN4S/c1-7-10(9-5-15-6-19-9)8-4-16-17-12(8)13(11(7)14)18(2)3/h4-6H,1-3H3,(H,16,17). The topological polar surface area (TPSA) is 44.8 Å². The van der Waals surface area contributed by atoms with Crippen molar-refractivity contribution in [2.24, 2.45) is 0 Å². The second-order valence-electron chi connectivity index (χ2n) is 4.58. The van der Waals surface area contributed by atoms with Crippen LogP contribution in [0.3, 0.4) is 0 Å². The van der Waals surface area contributed by atoms with Gasteiger partial charge in [-0.25, -0.2) is 4.39 Å². The van der Waals surface area contributed by atoms with Crippen LogP contribution in [0.4, 0.5) is 10.1 Å². The Morgan fingerprint density at radius 3 is 2.74 bits per heavy atom. The number of H-pyrrole nitrogens is 1. The zero-order valence-electron chi connectivity index (χ0n) is 10.9. The van der Waals surface area contributed by atoms with Crippen molar-refractivity contribution in [1.29, 1.82) is 0 Å². The van der Waals surface area contributed by atoms with Crippen LogP contribution in [-0.4, -0.2) is 29.3 Å². The van der Waals surface area contributed by atoms with Gasteiger partial charge >= 0.3 is 0 Å². The van der Waals surface area contributed by atoms with Gasteiger partial charge in [0.25, 0.3) is 0 Å². The minimum Gasteiger partial charge on any atom is -0.374 e. The smallest absolute Gasteiger partial charge is 0.152 e. The maximum Gasteiger partial charge on any atom is 0.152 e. The number of aromatic amines is 1. The maximum atomic E-state index is 14.6. The van der Waals surface area contributed by atoms with Crippen LogP contribution in [0.5, 0.6) is 0 Å². The number of fused-ring (bicyclic) bond motifs is 1. The van der Waals surface area contributed by atoms with Crippen molar-refractivity contribution < 1.29 is 4.39 Å². The molecule has 1 aromatic carbocycles. The predicted octanol–water partition coefficient (Wildman–Crippen LogP) is 3.20. The molecule has 2 aromatic heterocycles. The minimum atomic E-state index is -0.217. The molecule has 2 heterocycles. The highest BCUT2D eigenvalue weighted by atomic mass is 32.1. The zero-order valence-corrected chi connectivity index (χ0v) is 11.7. The first-order valence-corrected chi connectivity index (χ1v) is 6.70. The quantitative estimate of drug-likeness (QED) is 0.781. The molecular weight excluding hydrogens is 263 g/mol. The van der Waals surface area contributed by atoms with Crippen molar-refractivity contribution in [1.82, 2.24) is 15.2 Å². The van der Waals surface area contributed by atoms with Crippen molar-refractivity contribution in [3.05, 3.63) is 29.3 Å². The third kappa shape index (κ3) is 1.71. The van der Waals surface area contributed by atoms with Crippen LogP contribution in [-0.2, 0) is 0 Å². The van der Waals surface area contributed by atoms with Gasteiger partial charge in [-0.15, -0.1) is 11.3 Å². The van der Waals surface area contributed by atoms with E-state index in [2.05, 4.69) is 15.2 Å². The first kappa shape index (κ1) is 12.1. The molecule has 1 N–H and O–H groups in total. The van der Waals surface area contributed by atoms with Crippen molar-refractivity contribution in [3.8, 4) is 10.4 Å². The molecular formula is C13H13FN4S. The Balaban J connectivity index is 2.45. The predicted molar refractivity (Wildman–Crippen MR) is 76.2 cm³/mol. The fourth-order valence-corrected chi connectivity index (χ4v) is 3.07. The lowest BCUT2D eigenvalue weighted by Gasteiger charge is -2.18. The van der Waals surface area contributed by atoms with E-state index >= 15 is 0 Å². The van der Waals surface area contributed by atoms with Gasteiger partial charge in [-0.2, -0.15) is 5.10 Å². The molecule has 0 aliphatic heterocycles. The summed E-state index contributed by atoms with van der Waals surface area (Å²) in [5.74, 6) is -0.217. The largest absolute Gasteiger partial charge is 0.374 e. The van der Waals surface area contributed by atoms with Gasteiger partial charge in [-0.1, -0.05) is 0 Å². The van der Waals surface area contributed by atoms with Crippen LogP contribution >= 0.6 is 11.3 Å². The average Bonchev–Trinajstić information content (AvgIpc) is 3.00. The summed E-state index contributed by atoms with van der Waals surface area (Å²) >= 11 is 1.50. The van der Waals surface area contributed by atoms with Gasteiger partial charge in [0.05, 0.1) is 27.8 Å². The second-order valence-corrected chi connectivity index (χ2v) is 5.47. The SMILES string of the molecule is Cc1c(F)c(N(C)C)c2[nH]ncc2c1-c1cncs1. The molecule has 0 fully saturated rings. The first-order valence-electron chi connectivity index (χ1n) is 5.82. The Labute approximate surface area is 113 Å². The van der Waals surface area contributed by atoms with E-state index in [9.17, 15) is 4.39 Å². The Bertz CT molecular complexity index is 731. The number of rotatable bonds is 2. The van der Waals surface area contributed by atoms with Crippen LogP contribution in [0.25, 0.3) is 21.3 Å². The van der Waals surface area contributed by atoms with Crippen molar-refractivity contribution in [2.75, 3.05) is 19.0 Å². The number of thiazole rings is 1. The third-order valence-electron chi connectivity index (χ3n) is 3.18. The average molecular weight is 276 g/mol. The molecule has 0 bridgehead atoms. The molecule has 0 radical (unpaired) electrons. The lowest BCUT2D eigenvalue weighted by molar-refractivity contribution is 0.619. The molecule has 0 unspecified atom stereocenters. The first-order chi connectivity index (χ1) is 9.11. The van der Waals surface area contributed by atoms with Crippen LogP contribution in [0, 0.1) is 12.7 Å². The monoisotopic (exact) mass is 276 g/mol. The van der Waals surface area contributed by atoms with E-state index in [0.717, 1.165) is 21.3 Å². The maximum absolute atomic E-state index is 14.6. The number of halogens is 1. The van der Waals surface area contributed by atoms with E-state index in [1.165, 1.54) is 11.3 Å². The Hall–Kier alpha value is -1.95. The van der Waals surface area contributed by atoms with Crippen LogP contribution in [0.15, 0.2) is 17.9 Å². The summed E-state index contributed by atoms with van der Waals surface area (Å²) in [4.78, 5) is 6.79. The van der Waals surface area contributed by atoms with E-state index in [1.807, 2.05) is 14.1 Å². The molecule has 0 aliphatic rings. The van der Waals surface area contributed by atoms with Crippen LogP contribution in [0.1, 0.15) is 5.56 Å². The molecule has 6 heteroatoms. The van der Waals surface area contributed by atoms with Gasteiger partial charge < -0.3 is 4.90 Å². The van der Waals surface area contributed by atoms with E-state index in [1.54, 1.807) is 29.7 Å². The summed E-state index contributed by atoms with van der Waals surface area (Å²) in [6.45, 7) is 1.80. The fourth-order valence-electron chi connectivity index (χ4n) is 2.33. The molecule has 3 rings (SSSR count). The van der Waals surface area contributed by atoms with Crippen molar-refractivity contribution in [3.63, 3.8) is 0 Å². The highest BCUT2D eigenvalue weighted by Crippen LogP contribution is 2.39. The van der Waals surface area contributed by atoms with Gasteiger partial charge in [0, 0.05) is 31.2 Å². The molecule has 3 aromatic rings. The van der Waals surface area contributed by atoms with E-state index in [0.29, 0.717) is 11.3 Å². The van der Waals surface area contributed by atoms with Crippen molar-refractivity contribution >= 4 is 27.9 Å². The van der Waals surface area contributed by atoms with Crippen molar-refractivity contribution in [2.45, 2.75) is 6.92 Å². The summed E-state index contributed by atoms with van der Waals surface area (Å²) in [5, 5.41) is 7.88. The summed E-state index contributed by atoms with van der Waals surface area (Å²) in [5.41, 5.74) is 4.50. The number of hydrogen-bond donors (Lipinski definition) is 1. The van der Waals surface area contributed by atoms with Gasteiger partial charge in [0.15, 0.2) is 5.82 Å². The summed E-state index contributed by atoms with van der Waals surface area (Å²) in [7, 11) is 3.65. The number of nitrogens with zero attached hydrogens (tertiary/aromatic N) is 3. The molecule has 0 saturated carbocycles. The molecule has 4 nitrogen and oxygen atoms in total. The van der Waals surface area contributed by atoms with Crippen LogP contribution < -0.4 is 4.90 Å². The summed E-state index contributed by atoms with van der Waals surface area (Å²) < 4.78 is 14.6. The number of benzene rings is 1. The minimum absolute atomic E-state index is 0.217. The number of hydrogen-bond acceptors (Lipinski definition) is 4. The summed E-state index contributed by atoms with van der Waals surface area (Å²) in [6.07, 6.45) is 3.50. The van der Waals surface area contributed by atoms with Gasteiger partial charge in [0.1, 0.15) is 0 Å². The highest BCUT2D eigenvalue weighted by Gasteiger charge is 2.21. The lowest BCUT2D eigenvalue weighted by atomic mass is 10.0. The Morgan fingerprint density at radius 1 is 1.32 bits per heavy atom. The third-order valence-corrected chi connectivity index (χ3v) is 3.97. The lowest BCUT2D eigenvalue weighted by Crippen LogP contribution is -2.12. The highest BCUT2D eigenvalue weighted by molar-refractivity contribution is 7.13. The molecule has 0 atom stereocenters. The molecule has 0 aliphatic carbocycles. The van der Waals surface area contributed by atoms with Crippen LogP contribution in [0.2, 0.25) is 0 Å². The summed E-state index contributed by atoms with van der Waals surface area (Å²) in [6, 6.07) is 0. The molecule has 19 heavy (non-hydrogen) atoms. The number of anilines is 1. The Kier molecular flexibility index (Phi) is 2.74. The fraction of sp³-hybridized carbons (Fsp3) is 0.231. The van der Waals surface area contributed by atoms with Gasteiger partial charge in [-0.05, 0) is 12.5 Å². The molecule has 98 valence electrons. The Morgan fingerprint density at radius 2 is 2.11 bits per heavy atom.